The van der Waals surface area contributed by atoms with Gasteiger partial charge in [-0.3, -0.25) is 4.79 Å². The molecule has 0 amide bonds. The quantitative estimate of drug-likeness (QED) is 0.855. The van der Waals surface area contributed by atoms with Crippen LogP contribution in [0.3, 0.4) is 0 Å². The molecule has 0 spiro atoms. The molecule has 96 valence electrons. The Kier molecular flexibility index (Phi) is 4.65. The van der Waals surface area contributed by atoms with Gasteiger partial charge in [-0.15, -0.1) is 0 Å². The third-order valence-electron chi connectivity index (χ3n) is 1.86. The van der Waals surface area contributed by atoms with Crippen molar-refractivity contribution in [3.63, 3.8) is 0 Å². The van der Waals surface area contributed by atoms with Crippen molar-refractivity contribution in [2.24, 2.45) is 0 Å². The molecule has 0 atom stereocenters. The first-order chi connectivity index (χ1) is 8.24. The minimum absolute atomic E-state index is 0.0374. The Balaban J connectivity index is 3.35. The van der Waals surface area contributed by atoms with Crippen LogP contribution in [0.25, 0.3) is 0 Å². The number of carbonyl (C=O) groups is 1. The van der Waals surface area contributed by atoms with Crippen LogP contribution in [0, 0.1) is 11.3 Å². The fourth-order valence-electron chi connectivity index (χ4n) is 1.24. The normalized spacial score (nSPS) is 11.1. The summed E-state index contributed by atoms with van der Waals surface area (Å²) in [6, 6.07) is 4.25. The number of thioether (sulfide) groups is 1. The molecule has 3 nitrogen and oxygen atoms in total. The van der Waals surface area contributed by atoms with E-state index >= 15 is 0 Å². The Bertz CT molecular complexity index is 525. The van der Waals surface area contributed by atoms with Crippen LogP contribution in [0.1, 0.15) is 11.1 Å². The van der Waals surface area contributed by atoms with Crippen LogP contribution in [0.5, 0.6) is 0 Å². The fraction of sp³-hybridized carbons (Fsp3) is 0.200. The summed E-state index contributed by atoms with van der Waals surface area (Å²) in [4.78, 5) is 10.2. The van der Waals surface area contributed by atoms with Gasteiger partial charge in [-0.05, 0) is 39.3 Å². The predicted molar refractivity (Wildman–Crippen MR) is 62.1 cm³/mol. The van der Waals surface area contributed by atoms with Gasteiger partial charge < -0.3 is 5.11 Å². The molecule has 0 bridgehead atoms. The maximum atomic E-state index is 12.4. The molecule has 0 heterocycles. The average molecular weight is 340 g/mol. The molecule has 0 radical (unpaired) electrons. The van der Waals surface area contributed by atoms with Crippen LogP contribution in [0.4, 0.5) is 13.2 Å². The third kappa shape index (κ3) is 3.92. The summed E-state index contributed by atoms with van der Waals surface area (Å²) in [7, 11) is 0. The molecule has 0 saturated carbocycles. The lowest BCUT2D eigenvalue weighted by atomic mass is 10.1. The lowest BCUT2D eigenvalue weighted by Gasteiger charge is -2.12. The van der Waals surface area contributed by atoms with Gasteiger partial charge in [0.05, 0.1) is 12.0 Å². The van der Waals surface area contributed by atoms with Crippen molar-refractivity contribution in [3.05, 3.63) is 27.7 Å². The third-order valence-corrected chi connectivity index (χ3v) is 3.42. The van der Waals surface area contributed by atoms with E-state index < -0.39 is 29.7 Å². The van der Waals surface area contributed by atoms with Crippen molar-refractivity contribution in [1.82, 2.24) is 0 Å². The van der Waals surface area contributed by atoms with Gasteiger partial charge in [0.15, 0.2) is 0 Å². The van der Waals surface area contributed by atoms with E-state index in [4.69, 9.17) is 10.4 Å². The second-order valence-corrected chi connectivity index (χ2v) is 5.07. The van der Waals surface area contributed by atoms with Crippen LogP contribution >= 0.6 is 27.7 Å². The summed E-state index contributed by atoms with van der Waals surface area (Å²) >= 11 is 2.48. The van der Waals surface area contributed by atoms with Gasteiger partial charge in [0, 0.05) is 9.37 Å². The topological polar surface area (TPSA) is 61.1 Å². The minimum atomic E-state index is -4.58. The molecule has 0 fully saturated rings. The van der Waals surface area contributed by atoms with E-state index in [1.54, 1.807) is 6.07 Å². The minimum Gasteiger partial charge on any atom is -0.481 e. The molecule has 0 aromatic heterocycles. The molecular weight excluding hydrogens is 335 g/mol. The van der Waals surface area contributed by atoms with Crippen LogP contribution < -0.4 is 0 Å². The molecule has 0 aliphatic heterocycles. The first-order valence-electron chi connectivity index (χ1n) is 4.43. The number of nitrogens with zero attached hydrogens (tertiary/aromatic N) is 1. The Morgan fingerprint density at radius 1 is 1.50 bits per heavy atom. The Hall–Kier alpha value is -1.20. The highest BCUT2D eigenvalue weighted by Gasteiger charge is 2.32. The van der Waals surface area contributed by atoms with E-state index in [0.29, 0.717) is 0 Å². The largest absolute Gasteiger partial charge is 0.481 e. The van der Waals surface area contributed by atoms with Gasteiger partial charge in [0.1, 0.15) is 6.07 Å². The molecule has 0 aliphatic carbocycles. The smallest absolute Gasteiger partial charge is 0.446 e. The monoisotopic (exact) mass is 339 g/mol. The van der Waals surface area contributed by atoms with Gasteiger partial charge in [0.2, 0.25) is 0 Å². The van der Waals surface area contributed by atoms with E-state index in [9.17, 15) is 18.0 Å². The standard InChI is InChI=1S/C10H5BrF3NO2S/c11-7-2-1-5(3-8(16)17)9(6(7)4-15)18-10(12,13)14/h1-2H,3H2,(H,16,17). The lowest BCUT2D eigenvalue weighted by Crippen LogP contribution is -2.07. The van der Waals surface area contributed by atoms with Crippen molar-refractivity contribution < 1.29 is 23.1 Å². The number of hydrogen-bond donors (Lipinski definition) is 1. The molecule has 0 aliphatic rings. The van der Waals surface area contributed by atoms with Gasteiger partial charge >= 0.3 is 11.5 Å². The SMILES string of the molecule is N#Cc1c(Br)ccc(CC(=O)O)c1SC(F)(F)F. The van der Waals surface area contributed by atoms with E-state index in [-0.39, 0.29) is 20.5 Å². The van der Waals surface area contributed by atoms with Crippen LogP contribution in [-0.4, -0.2) is 16.6 Å². The lowest BCUT2D eigenvalue weighted by molar-refractivity contribution is -0.136. The number of aliphatic carboxylic acids is 1. The predicted octanol–water partition coefficient (Wildman–Crippen LogP) is 3.56. The summed E-state index contributed by atoms with van der Waals surface area (Å²) < 4.78 is 37.4. The molecular formula is C10H5BrF3NO2S. The summed E-state index contributed by atoms with van der Waals surface area (Å²) in [6.45, 7) is 0. The molecule has 0 saturated heterocycles. The fourth-order valence-corrected chi connectivity index (χ4v) is 2.55. The number of nitriles is 1. The number of alkyl halides is 3. The Morgan fingerprint density at radius 2 is 2.11 bits per heavy atom. The molecule has 1 rings (SSSR count). The zero-order valence-electron chi connectivity index (χ0n) is 8.58. The Labute approximate surface area is 113 Å². The summed E-state index contributed by atoms with van der Waals surface area (Å²) in [5.41, 5.74) is -4.83. The first kappa shape index (κ1) is 14.9. The van der Waals surface area contributed by atoms with Crippen LogP contribution in [0.2, 0.25) is 0 Å². The molecule has 1 aromatic rings. The van der Waals surface area contributed by atoms with Gasteiger partial charge in [0.25, 0.3) is 0 Å². The van der Waals surface area contributed by atoms with Crippen LogP contribution in [-0.2, 0) is 11.2 Å². The highest BCUT2D eigenvalue weighted by Crippen LogP contribution is 2.42. The zero-order chi connectivity index (χ0) is 13.9. The number of hydrogen-bond acceptors (Lipinski definition) is 3. The van der Waals surface area contributed by atoms with Gasteiger partial charge in [-0.25, -0.2) is 0 Å². The molecule has 1 aromatic carbocycles. The van der Waals surface area contributed by atoms with Crippen LogP contribution in [0.15, 0.2) is 21.5 Å². The molecule has 0 unspecified atom stereocenters. The molecule has 18 heavy (non-hydrogen) atoms. The van der Waals surface area contributed by atoms with E-state index in [1.807, 2.05) is 0 Å². The highest BCUT2D eigenvalue weighted by molar-refractivity contribution is 9.10. The van der Waals surface area contributed by atoms with E-state index in [2.05, 4.69) is 15.9 Å². The van der Waals surface area contributed by atoms with Crippen molar-refractivity contribution in [3.8, 4) is 6.07 Å². The second-order valence-electron chi connectivity index (χ2n) is 3.14. The van der Waals surface area contributed by atoms with Gasteiger partial charge in [-0.2, -0.15) is 18.4 Å². The number of carboxylic acids is 1. The summed E-state index contributed by atoms with van der Waals surface area (Å²) in [5, 5.41) is 17.5. The Morgan fingerprint density at radius 3 is 2.56 bits per heavy atom. The number of benzene rings is 1. The van der Waals surface area contributed by atoms with E-state index in [0.717, 1.165) is 0 Å². The van der Waals surface area contributed by atoms with Gasteiger partial charge in [-0.1, -0.05) is 6.07 Å². The van der Waals surface area contributed by atoms with Crippen molar-refractivity contribution in [2.75, 3.05) is 0 Å². The number of rotatable bonds is 3. The number of carboxylic acid groups (broad SMARTS) is 1. The maximum absolute atomic E-state index is 12.4. The molecule has 8 heteroatoms. The second kappa shape index (κ2) is 5.63. The summed E-state index contributed by atoms with van der Waals surface area (Å²) in [5.74, 6) is -1.26. The zero-order valence-corrected chi connectivity index (χ0v) is 11.0. The molecule has 1 N–H and O–H groups in total. The van der Waals surface area contributed by atoms with Crippen molar-refractivity contribution in [1.29, 1.82) is 5.26 Å². The average Bonchev–Trinajstić information content (AvgIpc) is 2.20. The van der Waals surface area contributed by atoms with Crippen molar-refractivity contribution >= 4 is 33.7 Å². The number of halogens is 4. The summed E-state index contributed by atoms with van der Waals surface area (Å²) in [6.07, 6.45) is -0.569. The first-order valence-corrected chi connectivity index (χ1v) is 6.04. The van der Waals surface area contributed by atoms with Crippen molar-refractivity contribution in [2.45, 2.75) is 16.8 Å². The maximum Gasteiger partial charge on any atom is 0.446 e. The van der Waals surface area contributed by atoms with E-state index in [1.165, 1.54) is 12.1 Å². The highest BCUT2D eigenvalue weighted by atomic mass is 79.9.